The van der Waals surface area contributed by atoms with Crippen molar-refractivity contribution in [3.8, 4) is 5.75 Å². The second kappa shape index (κ2) is 5.93. The molecule has 0 aliphatic rings. The van der Waals surface area contributed by atoms with Gasteiger partial charge >= 0.3 is 0 Å². The maximum atomic E-state index is 12.6. The van der Waals surface area contributed by atoms with Crippen LogP contribution in [-0.4, -0.2) is 32.2 Å². The van der Waals surface area contributed by atoms with Gasteiger partial charge in [0.05, 0.1) is 7.11 Å². The van der Waals surface area contributed by atoms with E-state index in [0.717, 1.165) is 0 Å². The highest BCUT2D eigenvalue weighted by atomic mass is 32.2. The number of anilines is 1. The largest absolute Gasteiger partial charge is 0.495 e. The highest BCUT2D eigenvalue weighted by Crippen LogP contribution is 2.29. The van der Waals surface area contributed by atoms with Gasteiger partial charge in [0.15, 0.2) is 9.84 Å². The molecule has 0 aliphatic heterocycles. The average molecular weight is 314 g/mol. The molecule has 0 aliphatic carbocycles. The fourth-order valence-electron chi connectivity index (χ4n) is 1.72. The Hall–Kier alpha value is -1.76. The Bertz CT molecular complexity index is 633. The van der Waals surface area contributed by atoms with Crippen molar-refractivity contribution in [3.05, 3.63) is 18.2 Å². The number of carbonyl (C=O) groups excluding carboxylic acids is 1. The third-order valence-corrected chi connectivity index (χ3v) is 4.92. The Morgan fingerprint density at radius 3 is 2.38 bits per heavy atom. The van der Waals surface area contributed by atoms with Gasteiger partial charge in [-0.2, -0.15) is 0 Å². The van der Waals surface area contributed by atoms with E-state index in [1.54, 1.807) is 20.8 Å². The number of hydrogen-bond donors (Lipinski definition) is 2. The number of hydrogen-bond acceptors (Lipinski definition) is 5. The lowest BCUT2D eigenvalue weighted by Crippen LogP contribution is -2.47. The van der Waals surface area contributed by atoms with Crippen molar-refractivity contribution in [1.82, 2.24) is 5.32 Å². The Kier molecular flexibility index (Phi) is 4.88. The number of carbonyl (C=O) groups is 1. The third kappa shape index (κ3) is 4.10. The summed E-state index contributed by atoms with van der Waals surface area (Å²) in [5, 5.41) is 1.43. The van der Waals surface area contributed by atoms with Gasteiger partial charge in [0.2, 0.25) is 5.91 Å². The molecule has 0 heterocycles. The molecule has 21 heavy (non-hydrogen) atoms. The van der Waals surface area contributed by atoms with Crippen LogP contribution in [0.4, 0.5) is 5.69 Å². The number of benzene rings is 1. The number of nitrogens with two attached hydrogens (primary N) is 1. The molecule has 0 saturated carbocycles. The SMILES string of the molecule is COc1cc(N)ccc1S(=O)(=O)C(C)C(=O)NC(C)(C)C. The van der Waals surface area contributed by atoms with Crippen LogP contribution in [0.5, 0.6) is 5.75 Å². The van der Waals surface area contributed by atoms with E-state index in [9.17, 15) is 13.2 Å². The van der Waals surface area contributed by atoms with Crippen molar-refractivity contribution < 1.29 is 17.9 Å². The summed E-state index contributed by atoms with van der Waals surface area (Å²) in [6.07, 6.45) is 0. The van der Waals surface area contributed by atoms with Crippen molar-refractivity contribution in [2.45, 2.75) is 43.4 Å². The van der Waals surface area contributed by atoms with Gasteiger partial charge < -0.3 is 15.8 Å². The first kappa shape index (κ1) is 17.3. The number of sulfone groups is 1. The fraction of sp³-hybridized carbons (Fsp3) is 0.500. The highest BCUT2D eigenvalue weighted by Gasteiger charge is 2.33. The molecule has 1 rings (SSSR count). The minimum absolute atomic E-state index is 0.0456. The van der Waals surface area contributed by atoms with E-state index in [2.05, 4.69) is 5.32 Å². The van der Waals surface area contributed by atoms with Crippen LogP contribution in [0.3, 0.4) is 0 Å². The molecule has 6 nitrogen and oxygen atoms in total. The van der Waals surface area contributed by atoms with Gasteiger partial charge in [0.25, 0.3) is 0 Å². The zero-order valence-electron chi connectivity index (χ0n) is 12.9. The number of nitrogen functional groups attached to an aromatic ring is 1. The molecule has 7 heteroatoms. The zero-order valence-corrected chi connectivity index (χ0v) is 13.7. The van der Waals surface area contributed by atoms with Gasteiger partial charge in [0.1, 0.15) is 15.9 Å². The summed E-state index contributed by atoms with van der Waals surface area (Å²) in [7, 11) is -2.51. The molecule has 1 amide bonds. The lowest BCUT2D eigenvalue weighted by molar-refractivity contribution is -0.121. The standard InChI is InChI=1S/C14H22N2O4S/c1-9(13(17)16-14(2,3)4)21(18,19)12-7-6-10(15)8-11(12)20-5/h6-9H,15H2,1-5H3,(H,16,17). The number of rotatable bonds is 4. The Balaban J connectivity index is 3.20. The van der Waals surface area contributed by atoms with Crippen LogP contribution in [0.2, 0.25) is 0 Å². The van der Waals surface area contributed by atoms with Crippen molar-refractivity contribution in [2.24, 2.45) is 0 Å². The Labute approximate surface area is 125 Å². The van der Waals surface area contributed by atoms with Crippen molar-refractivity contribution in [2.75, 3.05) is 12.8 Å². The molecule has 3 N–H and O–H groups in total. The summed E-state index contributed by atoms with van der Waals surface area (Å²) in [6.45, 7) is 6.71. The minimum Gasteiger partial charge on any atom is -0.495 e. The molecular weight excluding hydrogens is 292 g/mol. The van der Waals surface area contributed by atoms with Crippen molar-refractivity contribution in [3.63, 3.8) is 0 Å². The summed E-state index contributed by atoms with van der Waals surface area (Å²) in [5.41, 5.74) is 5.49. The second-order valence-corrected chi connectivity index (χ2v) is 8.07. The van der Waals surface area contributed by atoms with Crippen LogP contribution < -0.4 is 15.8 Å². The predicted octanol–water partition coefficient (Wildman–Crippen LogP) is 1.35. The Morgan fingerprint density at radius 2 is 1.90 bits per heavy atom. The molecule has 1 atom stereocenters. The molecule has 0 fully saturated rings. The van der Waals surface area contributed by atoms with Crippen LogP contribution >= 0.6 is 0 Å². The highest BCUT2D eigenvalue weighted by molar-refractivity contribution is 7.92. The first-order valence-corrected chi connectivity index (χ1v) is 8.03. The fourth-order valence-corrected chi connectivity index (χ4v) is 3.12. The molecule has 0 saturated heterocycles. The topological polar surface area (TPSA) is 98.5 Å². The van der Waals surface area contributed by atoms with E-state index >= 15 is 0 Å². The zero-order chi connectivity index (χ0) is 16.4. The van der Waals surface area contributed by atoms with E-state index in [1.165, 1.54) is 32.2 Å². The smallest absolute Gasteiger partial charge is 0.238 e. The molecular formula is C14H22N2O4S. The molecule has 1 aromatic carbocycles. The minimum atomic E-state index is -3.86. The lowest BCUT2D eigenvalue weighted by Gasteiger charge is -2.23. The first-order valence-electron chi connectivity index (χ1n) is 6.48. The summed E-state index contributed by atoms with van der Waals surface area (Å²) in [5.74, 6) is -0.424. The van der Waals surface area contributed by atoms with Gasteiger partial charge in [-0.1, -0.05) is 0 Å². The summed E-state index contributed by atoms with van der Waals surface area (Å²) < 4.78 is 30.2. The second-order valence-electron chi connectivity index (χ2n) is 5.84. The van der Waals surface area contributed by atoms with Crippen molar-refractivity contribution in [1.29, 1.82) is 0 Å². The van der Waals surface area contributed by atoms with Gasteiger partial charge in [-0.3, -0.25) is 4.79 Å². The monoisotopic (exact) mass is 314 g/mol. The average Bonchev–Trinajstić information content (AvgIpc) is 2.35. The van der Waals surface area contributed by atoms with E-state index in [0.29, 0.717) is 5.69 Å². The normalized spacial score (nSPS) is 13.6. The van der Waals surface area contributed by atoms with Crippen molar-refractivity contribution >= 4 is 21.4 Å². The maximum Gasteiger partial charge on any atom is 0.238 e. The summed E-state index contributed by atoms with van der Waals surface area (Å²) in [6, 6.07) is 4.23. The number of ether oxygens (including phenoxy) is 1. The number of amides is 1. The van der Waals surface area contributed by atoms with E-state index < -0.39 is 26.5 Å². The van der Waals surface area contributed by atoms with Crippen LogP contribution in [0.25, 0.3) is 0 Å². The van der Waals surface area contributed by atoms with E-state index in [1.807, 2.05) is 0 Å². The summed E-state index contributed by atoms with van der Waals surface area (Å²) >= 11 is 0. The van der Waals surface area contributed by atoms with Crippen LogP contribution in [0.1, 0.15) is 27.7 Å². The quantitative estimate of drug-likeness (QED) is 0.818. The number of nitrogens with one attached hydrogen (secondary N) is 1. The van der Waals surface area contributed by atoms with E-state index in [4.69, 9.17) is 10.5 Å². The Morgan fingerprint density at radius 1 is 1.33 bits per heavy atom. The van der Waals surface area contributed by atoms with Crippen LogP contribution in [-0.2, 0) is 14.6 Å². The number of methoxy groups -OCH3 is 1. The first-order chi connectivity index (χ1) is 9.49. The van der Waals surface area contributed by atoms with Gasteiger partial charge in [-0.15, -0.1) is 0 Å². The molecule has 0 spiro atoms. The lowest BCUT2D eigenvalue weighted by atomic mass is 10.1. The van der Waals surface area contributed by atoms with E-state index in [-0.39, 0.29) is 10.6 Å². The third-order valence-electron chi connectivity index (χ3n) is 2.83. The summed E-state index contributed by atoms with van der Waals surface area (Å²) in [4.78, 5) is 12.0. The van der Waals surface area contributed by atoms with Crippen LogP contribution in [0.15, 0.2) is 23.1 Å². The molecule has 0 radical (unpaired) electrons. The molecule has 0 bridgehead atoms. The van der Waals surface area contributed by atoms with Crippen LogP contribution in [0, 0.1) is 0 Å². The van der Waals surface area contributed by atoms with Gasteiger partial charge in [0, 0.05) is 17.3 Å². The maximum absolute atomic E-state index is 12.6. The van der Waals surface area contributed by atoms with Gasteiger partial charge in [-0.05, 0) is 39.8 Å². The molecule has 118 valence electrons. The van der Waals surface area contributed by atoms with Gasteiger partial charge in [-0.25, -0.2) is 8.42 Å². The predicted molar refractivity (Wildman–Crippen MR) is 81.9 cm³/mol. The molecule has 1 unspecified atom stereocenters. The molecule has 1 aromatic rings. The molecule has 0 aromatic heterocycles.